The molecule has 0 aromatic rings. The van der Waals surface area contributed by atoms with E-state index in [0.29, 0.717) is 0 Å². The molecule has 0 aliphatic heterocycles. The Hall–Kier alpha value is -0.790. The monoisotopic (exact) mass is 253 g/mol. The van der Waals surface area contributed by atoms with Crippen molar-refractivity contribution in [2.45, 2.75) is 85.0 Å². The first-order valence-electron chi connectivity index (χ1n) is 7.55. The number of carbonyl (C=O) groups is 1. The second-order valence-corrected chi connectivity index (χ2v) is 5.35. The molecule has 106 valence electrons. The van der Waals surface area contributed by atoms with Gasteiger partial charge in [0, 0.05) is 5.57 Å². The van der Waals surface area contributed by atoms with Crippen LogP contribution in [0.15, 0.2) is 11.1 Å². The van der Waals surface area contributed by atoms with Crippen LogP contribution >= 0.6 is 0 Å². The van der Waals surface area contributed by atoms with Crippen molar-refractivity contribution in [2.24, 2.45) is 5.73 Å². The molecule has 0 bridgehead atoms. The van der Waals surface area contributed by atoms with Gasteiger partial charge < -0.3 is 5.73 Å². The smallest absolute Gasteiger partial charge is 0.244 e. The van der Waals surface area contributed by atoms with E-state index in [0.717, 1.165) is 17.6 Å². The highest BCUT2D eigenvalue weighted by molar-refractivity contribution is 5.91. The Morgan fingerprint density at radius 3 is 1.72 bits per heavy atom. The molecule has 0 unspecified atom stereocenters. The van der Waals surface area contributed by atoms with Gasteiger partial charge in [0.2, 0.25) is 5.91 Å². The van der Waals surface area contributed by atoms with E-state index >= 15 is 0 Å². The van der Waals surface area contributed by atoms with Gasteiger partial charge in [0.1, 0.15) is 0 Å². The lowest BCUT2D eigenvalue weighted by atomic mass is 10.0. The summed E-state index contributed by atoms with van der Waals surface area (Å²) in [6.45, 7) is 6.10. The molecule has 0 saturated heterocycles. The first-order valence-corrected chi connectivity index (χ1v) is 7.55. The van der Waals surface area contributed by atoms with Crippen molar-refractivity contribution < 1.29 is 4.79 Å². The summed E-state index contributed by atoms with van der Waals surface area (Å²) in [5.74, 6) is -0.275. The maximum absolute atomic E-state index is 11.0. The minimum absolute atomic E-state index is 0.275. The third-order valence-corrected chi connectivity index (χ3v) is 3.67. The zero-order chi connectivity index (χ0) is 13.8. The maximum Gasteiger partial charge on any atom is 0.244 e. The van der Waals surface area contributed by atoms with Gasteiger partial charge in [-0.15, -0.1) is 0 Å². The van der Waals surface area contributed by atoms with Gasteiger partial charge in [-0.1, -0.05) is 63.9 Å². The molecule has 0 rings (SSSR count). The van der Waals surface area contributed by atoms with Crippen molar-refractivity contribution in [1.29, 1.82) is 0 Å². The lowest BCUT2D eigenvalue weighted by molar-refractivity contribution is -0.114. The normalized spacial score (nSPS) is 12.4. The molecule has 2 N–H and O–H groups in total. The van der Waals surface area contributed by atoms with Crippen molar-refractivity contribution >= 4 is 5.91 Å². The molecule has 0 atom stereocenters. The highest BCUT2D eigenvalue weighted by atomic mass is 16.1. The largest absolute Gasteiger partial charge is 0.366 e. The summed E-state index contributed by atoms with van der Waals surface area (Å²) in [6.07, 6.45) is 13.1. The molecule has 18 heavy (non-hydrogen) atoms. The van der Waals surface area contributed by atoms with E-state index in [1.54, 1.807) is 0 Å². The maximum atomic E-state index is 11.0. The minimum atomic E-state index is -0.275. The van der Waals surface area contributed by atoms with E-state index in [-0.39, 0.29) is 5.91 Å². The summed E-state index contributed by atoms with van der Waals surface area (Å²) in [6, 6.07) is 0. The molecule has 0 spiro atoms. The Morgan fingerprint density at radius 2 is 1.28 bits per heavy atom. The van der Waals surface area contributed by atoms with Gasteiger partial charge in [-0.25, -0.2) is 0 Å². The van der Waals surface area contributed by atoms with Crippen LogP contribution in [0.2, 0.25) is 0 Å². The Balaban J connectivity index is 3.41. The number of hydrogen-bond acceptors (Lipinski definition) is 1. The van der Waals surface area contributed by atoms with Crippen LogP contribution in [0.5, 0.6) is 0 Å². The first-order chi connectivity index (χ1) is 8.59. The molecule has 0 saturated carbocycles. The lowest BCUT2D eigenvalue weighted by Crippen LogP contribution is -2.13. The molecule has 0 aromatic carbocycles. The third-order valence-electron chi connectivity index (χ3n) is 3.67. The van der Waals surface area contributed by atoms with Crippen LogP contribution in [0.4, 0.5) is 0 Å². The molecule has 2 heteroatoms. The number of rotatable bonds is 11. The Bertz CT molecular complexity index is 256. The van der Waals surface area contributed by atoms with Gasteiger partial charge in [0.05, 0.1) is 0 Å². The number of hydrogen-bond donors (Lipinski definition) is 1. The fourth-order valence-electron chi connectivity index (χ4n) is 2.10. The number of carbonyl (C=O) groups excluding carboxylic acids is 1. The SMILES string of the molecule is CCCCCCCCCCCC(C)=C(C)C(N)=O. The van der Waals surface area contributed by atoms with Crippen molar-refractivity contribution in [3.05, 3.63) is 11.1 Å². The average molecular weight is 253 g/mol. The second kappa shape index (κ2) is 11.3. The summed E-state index contributed by atoms with van der Waals surface area (Å²) >= 11 is 0. The fraction of sp³-hybridized carbons (Fsp3) is 0.812. The summed E-state index contributed by atoms with van der Waals surface area (Å²) in [7, 11) is 0. The van der Waals surface area contributed by atoms with E-state index in [4.69, 9.17) is 5.73 Å². The molecule has 0 heterocycles. The lowest BCUT2D eigenvalue weighted by Gasteiger charge is -2.05. The zero-order valence-electron chi connectivity index (χ0n) is 12.6. The summed E-state index contributed by atoms with van der Waals surface area (Å²) in [5, 5.41) is 0. The number of amides is 1. The quantitative estimate of drug-likeness (QED) is 0.420. The van der Waals surface area contributed by atoms with Gasteiger partial charge >= 0.3 is 0 Å². The van der Waals surface area contributed by atoms with Crippen LogP contribution in [0.1, 0.15) is 85.0 Å². The van der Waals surface area contributed by atoms with Crippen LogP contribution in [0.3, 0.4) is 0 Å². The predicted octanol–water partition coefficient (Wildman–Crippen LogP) is 4.73. The third kappa shape index (κ3) is 9.26. The van der Waals surface area contributed by atoms with Crippen LogP contribution in [-0.2, 0) is 4.79 Å². The highest BCUT2D eigenvalue weighted by Crippen LogP contribution is 2.15. The van der Waals surface area contributed by atoms with Crippen LogP contribution in [0.25, 0.3) is 0 Å². The van der Waals surface area contributed by atoms with Crippen molar-refractivity contribution in [3.8, 4) is 0 Å². The molecule has 0 aliphatic rings. The van der Waals surface area contributed by atoms with Gasteiger partial charge in [0.15, 0.2) is 0 Å². The number of primary amides is 1. The van der Waals surface area contributed by atoms with E-state index in [1.165, 1.54) is 57.8 Å². The molecular formula is C16H31NO. The first kappa shape index (κ1) is 17.2. The summed E-state index contributed by atoms with van der Waals surface area (Å²) in [5.41, 5.74) is 7.15. The van der Waals surface area contributed by atoms with E-state index in [9.17, 15) is 4.79 Å². The van der Waals surface area contributed by atoms with Gasteiger partial charge in [-0.05, 0) is 26.7 Å². The summed E-state index contributed by atoms with van der Waals surface area (Å²) < 4.78 is 0. The Kier molecular flexibility index (Phi) is 10.8. The number of unbranched alkanes of at least 4 members (excludes halogenated alkanes) is 8. The minimum Gasteiger partial charge on any atom is -0.366 e. The molecule has 1 amide bonds. The Morgan fingerprint density at radius 1 is 0.833 bits per heavy atom. The number of nitrogens with two attached hydrogens (primary N) is 1. The van der Waals surface area contributed by atoms with E-state index in [2.05, 4.69) is 6.92 Å². The van der Waals surface area contributed by atoms with Crippen LogP contribution in [-0.4, -0.2) is 5.91 Å². The molecule has 0 fully saturated rings. The predicted molar refractivity (Wildman–Crippen MR) is 79.4 cm³/mol. The van der Waals surface area contributed by atoms with E-state index < -0.39 is 0 Å². The fourth-order valence-corrected chi connectivity index (χ4v) is 2.10. The topological polar surface area (TPSA) is 43.1 Å². The number of allylic oxidation sites excluding steroid dienone is 1. The molecule has 0 aliphatic carbocycles. The van der Waals surface area contributed by atoms with Crippen LogP contribution in [0, 0.1) is 0 Å². The standard InChI is InChI=1S/C16H31NO/c1-4-5-6-7-8-9-10-11-12-13-14(2)15(3)16(17)18/h4-13H2,1-3H3,(H2,17,18). The van der Waals surface area contributed by atoms with Crippen molar-refractivity contribution in [2.75, 3.05) is 0 Å². The second-order valence-electron chi connectivity index (χ2n) is 5.35. The molecule has 0 aromatic heterocycles. The summed E-state index contributed by atoms with van der Waals surface area (Å²) in [4.78, 5) is 11.0. The van der Waals surface area contributed by atoms with Gasteiger partial charge in [0.25, 0.3) is 0 Å². The zero-order valence-corrected chi connectivity index (χ0v) is 12.6. The Labute approximate surface area is 113 Å². The van der Waals surface area contributed by atoms with Crippen molar-refractivity contribution in [1.82, 2.24) is 0 Å². The van der Waals surface area contributed by atoms with Gasteiger partial charge in [-0.3, -0.25) is 4.79 Å². The molecular weight excluding hydrogens is 222 g/mol. The molecule has 0 radical (unpaired) electrons. The highest BCUT2D eigenvalue weighted by Gasteiger charge is 2.02. The van der Waals surface area contributed by atoms with Crippen LogP contribution < -0.4 is 5.73 Å². The average Bonchev–Trinajstić information content (AvgIpc) is 2.35. The van der Waals surface area contributed by atoms with E-state index in [1.807, 2.05) is 13.8 Å². The van der Waals surface area contributed by atoms with Crippen molar-refractivity contribution in [3.63, 3.8) is 0 Å². The molecule has 2 nitrogen and oxygen atoms in total. The van der Waals surface area contributed by atoms with Gasteiger partial charge in [-0.2, -0.15) is 0 Å².